The fourth-order valence-electron chi connectivity index (χ4n) is 1.43. The maximum Gasteiger partial charge on any atom is 0.0570 e. The Morgan fingerprint density at radius 2 is 2.25 bits per heavy atom. The second-order valence-electron chi connectivity index (χ2n) is 4.22. The van der Waals surface area contributed by atoms with Crippen molar-refractivity contribution in [3.8, 4) is 0 Å². The first kappa shape index (κ1) is 13.1. The quantitative estimate of drug-likeness (QED) is 0.719. The molecular weight excluding hydrogens is 200 g/mol. The lowest BCUT2D eigenvalue weighted by Gasteiger charge is -2.08. The maximum atomic E-state index is 5.46. The first-order valence-electron chi connectivity index (χ1n) is 5.93. The molecule has 0 spiro atoms. The van der Waals surface area contributed by atoms with E-state index in [2.05, 4.69) is 37.1 Å². The Balaban J connectivity index is 2.10. The van der Waals surface area contributed by atoms with Crippen molar-refractivity contribution in [1.82, 2.24) is 10.3 Å². The van der Waals surface area contributed by atoms with Crippen molar-refractivity contribution < 1.29 is 4.74 Å². The molecule has 1 N–H and O–H groups in total. The molecule has 1 aromatic heterocycles. The monoisotopic (exact) mass is 222 g/mol. The highest BCUT2D eigenvalue weighted by Gasteiger charge is 1.98. The molecule has 0 unspecified atom stereocenters. The van der Waals surface area contributed by atoms with Gasteiger partial charge in [-0.05, 0) is 45.4 Å². The van der Waals surface area contributed by atoms with Crippen molar-refractivity contribution in [3.63, 3.8) is 0 Å². The van der Waals surface area contributed by atoms with E-state index < -0.39 is 0 Å². The van der Waals surface area contributed by atoms with Crippen LogP contribution in [-0.4, -0.2) is 24.2 Å². The van der Waals surface area contributed by atoms with E-state index in [4.69, 9.17) is 4.74 Å². The summed E-state index contributed by atoms with van der Waals surface area (Å²) in [6, 6.07) is 4.06. The molecule has 90 valence electrons. The molecule has 0 bridgehead atoms. The lowest BCUT2D eigenvalue weighted by atomic mass is 10.2. The zero-order valence-electron chi connectivity index (χ0n) is 10.5. The summed E-state index contributed by atoms with van der Waals surface area (Å²) in [5.74, 6) is 0. The zero-order chi connectivity index (χ0) is 11.8. The van der Waals surface area contributed by atoms with Crippen LogP contribution < -0.4 is 5.32 Å². The van der Waals surface area contributed by atoms with Gasteiger partial charge in [-0.2, -0.15) is 0 Å². The molecule has 0 aromatic carbocycles. The van der Waals surface area contributed by atoms with Gasteiger partial charge in [0, 0.05) is 19.3 Å². The van der Waals surface area contributed by atoms with Crippen LogP contribution in [-0.2, 0) is 11.3 Å². The number of ether oxygens (including phenoxy) is 1. The molecule has 0 saturated heterocycles. The molecule has 0 aliphatic rings. The number of aromatic nitrogens is 1. The number of pyridine rings is 1. The smallest absolute Gasteiger partial charge is 0.0570 e. The summed E-state index contributed by atoms with van der Waals surface area (Å²) < 4.78 is 5.46. The van der Waals surface area contributed by atoms with Crippen molar-refractivity contribution in [2.45, 2.75) is 39.8 Å². The minimum Gasteiger partial charge on any atom is -0.379 e. The zero-order valence-corrected chi connectivity index (χ0v) is 10.5. The molecule has 0 radical (unpaired) electrons. The van der Waals surface area contributed by atoms with Crippen LogP contribution in [0.25, 0.3) is 0 Å². The normalized spacial score (nSPS) is 11.0. The van der Waals surface area contributed by atoms with Crippen molar-refractivity contribution in [2.24, 2.45) is 0 Å². The Morgan fingerprint density at radius 3 is 2.94 bits per heavy atom. The predicted molar refractivity (Wildman–Crippen MR) is 66.4 cm³/mol. The molecule has 0 aliphatic heterocycles. The second kappa shape index (κ2) is 7.36. The van der Waals surface area contributed by atoms with Crippen LogP contribution in [0.5, 0.6) is 0 Å². The summed E-state index contributed by atoms with van der Waals surface area (Å²) in [5.41, 5.74) is 2.38. The molecule has 16 heavy (non-hydrogen) atoms. The molecule has 1 rings (SSSR count). The molecule has 0 amide bonds. The van der Waals surface area contributed by atoms with Gasteiger partial charge in [-0.25, -0.2) is 0 Å². The maximum absolute atomic E-state index is 5.46. The van der Waals surface area contributed by atoms with Crippen LogP contribution in [0.15, 0.2) is 18.3 Å². The summed E-state index contributed by atoms with van der Waals surface area (Å²) in [6.45, 7) is 8.85. The van der Waals surface area contributed by atoms with Gasteiger partial charge in [0.15, 0.2) is 0 Å². The van der Waals surface area contributed by atoms with E-state index in [-0.39, 0.29) is 0 Å². The van der Waals surface area contributed by atoms with Gasteiger partial charge in [0.25, 0.3) is 0 Å². The van der Waals surface area contributed by atoms with Gasteiger partial charge in [-0.1, -0.05) is 6.07 Å². The Hall–Kier alpha value is -0.930. The fraction of sp³-hybridized carbons (Fsp3) is 0.615. The van der Waals surface area contributed by atoms with Crippen molar-refractivity contribution >= 4 is 0 Å². The third-order valence-corrected chi connectivity index (χ3v) is 2.36. The van der Waals surface area contributed by atoms with Crippen LogP contribution in [0.2, 0.25) is 0 Å². The highest BCUT2D eigenvalue weighted by molar-refractivity contribution is 5.17. The summed E-state index contributed by atoms with van der Waals surface area (Å²) >= 11 is 0. The van der Waals surface area contributed by atoms with Crippen LogP contribution >= 0.6 is 0 Å². The van der Waals surface area contributed by atoms with E-state index in [9.17, 15) is 0 Å². The molecular formula is C13H22N2O. The van der Waals surface area contributed by atoms with Crippen molar-refractivity contribution in [3.05, 3.63) is 29.6 Å². The van der Waals surface area contributed by atoms with Gasteiger partial charge >= 0.3 is 0 Å². The van der Waals surface area contributed by atoms with E-state index >= 15 is 0 Å². The van der Waals surface area contributed by atoms with E-state index in [1.54, 1.807) is 0 Å². The molecule has 0 saturated carbocycles. The fourth-order valence-corrected chi connectivity index (χ4v) is 1.43. The second-order valence-corrected chi connectivity index (χ2v) is 4.22. The molecule has 0 atom stereocenters. The standard InChI is InChI=1S/C13H22N2O/c1-11(2)16-9-5-7-14-10-13-12(3)6-4-8-15-13/h4,6,8,11,14H,5,7,9-10H2,1-3H3. The number of aryl methyl sites for hydroxylation is 1. The minimum atomic E-state index is 0.332. The first-order chi connectivity index (χ1) is 7.70. The molecule has 3 heteroatoms. The van der Waals surface area contributed by atoms with E-state index in [0.29, 0.717) is 6.10 Å². The Bertz CT molecular complexity index is 300. The van der Waals surface area contributed by atoms with E-state index in [1.165, 1.54) is 5.56 Å². The molecule has 0 fully saturated rings. The van der Waals surface area contributed by atoms with E-state index in [0.717, 1.165) is 31.8 Å². The Morgan fingerprint density at radius 1 is 1.44 bits per heavy atom. The van der Waals surface area contributed by atoms with Gasteiger partial charge in [-0.3, -0.25) is 4.98 Å². The van der Waals surface area contributed by atoms with Gasteiger partial charge in [0.1, 0.15) is 0 Å². The topological polar surface area (TPSA) is 34.2 Å². The molecule has 1 aromatic rings. The van der Waals surface area contributed by atoms with Gasteiger partial charge < -0.3 is 10.1 Å². The van der Waals surface area contributed by atoms with Gasteiger partial charge in [-0.15, -0.1) is 0 Å². The SMILES string of the molecule is Cc1cccnc1CNCCCOC(C)C. The number of nitrogens with zero attached hydrogens (tertiary/aromatic N) is 1. The minimum absolute atomic E-state index is 0.332. The lowest BCUT2D eigenvalue weighted by molar-refractivity contribution is 0.0770. The summed E-state index contributed by atoms with van der Waals surface area (Å²) in [4.78, 5) is 4.33. The third-order valence-electron chi connectivity index (χ3n) is 2.36. The van der Waals surface area contributed by atoms with Crippen molar-refractivity contribution in [2.75, 3.05) is 13.2 Å². The van der Waals surface area contributed by atoms with Gasteiger partial charge in [0.2, 0.25) is 0 Å². The molecule has 0 aliphatic carbocycles. The number of rotatable bonds is 7. The highest BCUT2D eigenvalue weighted by atomic mass is 16.5. The first-order valence-corrected chi connectivity index (χ1v) is 5.93. The lowest BCUT2D eigenvalue weighted by Crippen LogP contribution is -2.18. The Kier molecular flexibility index (Phi) is 6.04. The summed E-state index contributed by atoms with van der Waals surface area (Å²) in [6.07, 6.45) is 3.22. The van der Waals surface area contributed by atoms with Gasteiger partial charge in [0.05, 0.1) is 11.8 Å². The summed E-state index contributed by atoms with van der Waals surface area (Å²) in [5, 5.41) is 3.37. The number of hydrogen-bond acceptors (Lipinski definition) is 3. The van der Waals surface area contributed by atoms with Crippen LogP contribution in [0.4, 0.5) is 0 Å². The average molecular weight is 222 g/mol. The molecule has 1 heterocycles. The van der Waals surface area contributed by atoms with Crippen LogP contribution in [0, 0.1) is 6.92 Å². The average Bonchev–Trinajstić information content (AvgIpc) is 2.25. The highest BCUT2D eigenvalue weighted by Crippen LogP contribution is 2.01. The van der Waals surface area contributed by atoms with Crippen LogP contribution in [0.1, 0.15) is 31.5 Å². The van der Waals surface area contributed by atoms with Crippen molar-refractivity contribution in [1.29, 1.82) is 0 Å². The number of nitrogens with one attached hydrogen (secondary N) is 1. The summed E-state index contributed by atoms with van der Waals surface area (Å²) in [7, 11) is 0. The Labute approximate surface area is 98.2 Å². The largest absolute Gasteiger partial charge is 0.379 e. The number of hydrogen-bond donors (Lipinski definition) is 1. The molecule has 3 nitrogen and oxygen atoms in total. The third kappa shape index (κ3) is 5.24. The van der Waals surface area contributed by atoms with E-state index in [1.807, 2.05) is 12.3 Å². The van der Waals surface area contributed by atoms with Crippen LogP contribution in [0.3, 0.4) is 0 Å². The predicted octanol–water partition coefficient (Wildman–Crippen LogP) is 2.29.